The van der Waals surface area contributed by atoms with E-state index in [0.717, 1.165) is 18.0 Å². The van der Waals surface area contributed by atoms with E-state index in [9.17, 15) is 0 Å². The maximum absolute atomic E-state index is 6.01. The van der Waals surface area contributed by atoms with Gasteiger partial charge in [0.2, 0.25) is 0 Å². The van der Waals surface area contributed by atoms with Crippen molar-refractivity contribution in [1.82, 2.24) is 0 Å². The van der Waals surface area contributed by atoms with Gasteiger partial charge < -0.3 is 10.1 Å². The van der Waals surface area contributed by atoms with Gasteiger partial charge in [-0.25, -0.2) is 0 Å². The molecule has 0 radical (unpaired) electrons. The maximum atomic E-state index is 6.01. The molecule has 15 heavy (non-hydrogen) atoms. The summed E-state index contributed by atoms with van der Waals surface area (Å²) in [5.41, 5.74) is 2.58. The molecule has 2 heteroatoms. The monoisotopic (exact) mass is 205 g/mol. The van der Waals surface area contributed by atoms with E-state index in [-0.39, 0.29) is 11.5 Å². The molecular formula is C13H19NO. The Bertz CT molecular complexity index is 365. The Balaban J connectivity index is 2.28. The third-order valence-corrected chi connectivity index (χ3v) is 2.93. The zero-order chi connectivity index (χ0) is 11.1. The number of aryl methyl sites for hydroxylation is 1. The summed E-state index contributed by atoms with van der Waals surface area (Å²) >= 11 is 0. The molecule has 1 aromatic rings. The van der Waals surface area contributed by atoms with Crippen molar-refractivity contribution in [3.8, 4) is 5.75 Å². The molecule has 0 fully saturated rings. The molecule has 2 nitrogen and oxygen atoms in total. The Morgan fingerprint density at radius 3 is 2.73 bits per heavy atom. The van der Waals surface area contributed by atoms with Gasteiger partial charge in [-0.1, -0.05) is 32.9 Å². The van der Waals surface area contributed by atoms with Gasteiger partial charge in [-0.15, -0.1) is 0 Å². The molecule has 1 heterocycles. The molecule has 1 atom stereocenters. The maximum Gasteiger partial charge on any atom is 0.143 e. The molecule has 0 aromatic heterocycles. The molecule has 82 valence electrons. The molecule has 0 amide bonds. The minimum Gasteiger partial charge on any atom is -0.486 e. The molecule has 1 unspecified atom stereocenters. The number of nitrogens with one attached hydrogen (secondary N) is 1. The molecule has 0 saturated carbocycles. The molecule has 1 aliphatic heterocycles. The summed E-state index contributed by atoms with van der Waals surface area (Å²) in [6.07, 6.45) is 0.242. The van der Waals surface area contributed by atoms with Crippen LogP contribution in [0.1, 0.15) is 26.3 Å². The van der Waals surface area contributed by atoms with Gasteiger partial charge in [0.05, 0.1) is 12.2 Å². The number of rotatable bonds is 0. The molecule has 2 rings (SSSR count). The molecule has 0 spiro atoms. The highest BCUT2D eigenvalue weighted by molar-refractivity contribution is 5.63. The fourth-order valence-corrected chi connectivity index (χ4v) is 1.84. The van der Waals surface area contributed by atoms with Crippen LogP contribution in [0.3, 0.4) is 0 Å². The van der Waals surface area contributed by atoms with E-state index in [0.29, 0.717) is 0 Å². The second kappa shape index (κ2) is 3.44. The van der Waals surface area contributed by atoms with Crippen LogP contribution in [0.15, 0.2) is 18.2 Å². The van der Waals surface area contributed by atoms with Gasteiger partial charge in [0.25, 0.3) is 0 Å². The zero-order valence-corrected chi connectivity index (χ0v) is 9.92. The Hall–Kier alpha value is -1.18. The standard InChI is InChI=1S/C13H19NO/c1-9-6-5-7-10-12(9)14-8-11(15-10)13(2,3)4/h5-7,11,14H,8H2,1-4H3. The first kappa shape index (κ1) is 10.3. The highest BCUT2D eigenvalue weighted by Crippen LogP contribution is 2.36. The van der Waals surface area contributed by atoms with Gasteiger partial charge in [0, 0.05) is 5.41 Å². The zero-order valence-electron chi connectivity index (χ0n) is 9.92. The normalized spacial score (nSPS) is 20.1. The van der Waals surface area contributed by atoms with Crippen LogP contribution in [0.2, 0.25) is 0 Å². The third-order valence-electron chi connectivity index (χ3n) is 2.93. The van der Waals surface area contributed by atoms with Crippen LogP contribution in [0.4, 0.5) is 5.69 Å². The van der Waals surface area contributed by atoms with Gasteiger partial charge in [0.1, 0.15) is 11.9 Å². The predicted molar refractivity (Wildman–Crippen MR) is 63.5 cm³/mol. The molecule has 1 aromatic carbocycles. The topological polar surface area (TPSA) is 21.3 Å². The van der Waals surface area contributed by atoms with Gasteiger partial charge in [-0.3, -0.25) is 0 Å². The average molecular weight is 205 g/mol. The Labute approximate surface area is 91.6 Å². The van der Waals surface area contributed by atoms with Crippen LogP contribution < -0.4 is 10.1 Å². The van der Waals surface area contributed by atoms with Crippen LogP contribution >= 0.6 is 0 Å². The van der Waals surface area contributed by atoms with Gasteiger partial charge in [-0.05, 0) is 18.6 Å². The van der Waals surface area contributed by atoms with Crippen molar-refractivity contribution >= 4 is 5.69 Å². The summed E-state index contributed by atoms with van der Waals surface area (Å²) in [7, 11) is 0. The number of para-hydroxylation sites is 1. The lowest BCUT2D eigenvalue weighted by Gasteiger charge is -2.36. The lowest BCUT2D eigenvalue weighted by molar-refractivity contribution is 0.0921. The van der Waals surface area contributed by atoms with Gasteiger partial charge >= 0.3 is 0 Å². The Kier molecular flexibility index (Phi) is 2.37. The smallest absolute Gasteiger partial charge is 0.143 e. The van der Waals surface area contributed by atoms with Crippen molar-refractivity contribution in [2.75, 3.05) is 11.9 Å². The van der Waals surface area contributed by atoms with E-state index in [4.69, 9.17) is 4.74 Å². The van der Waals surface area contributed by atoms with Crippen molar-refractivity contribution < 1.29 is 4.74 Å². The van der Waals surface area contributed by atoms with Crippen LogP contribution in [0, 0.1) is 12.3 Å². The van der Waals surface area contributed by atoms with E-state index >= 15 is 0 Å². The first-order valence-corrected chi connectivity index (χ1v) is 5.48. The predicted octanol–water partition coefficient (Wildman–Crippen LogP) is 3.21. The number of hydrogen-bond acceptors (Lipinski definition) is 2. The summed E-state index contributed by atoms with van der Waals surface area (Å²) in [5, 5.41) is 3.46. The first-order chi connectivity index (χ1) is 6.98. The second-order valence-corrected chi connectivity index (χ2v) is 5.30. The minimum atomic E-state index is 0.175. The molecule has 1 aliphatic rings. The van der Waals surface area contributed by atoms with Gasteiger partial charge in [-0.2, -0.15) is 0 Å². The summed E-state index contributed by atoms with van der Waals surface area (Å²) in [6.45, 7) is 9.62. The Morgan fingerprint density at radius 1 is 1.33 bits per heavy atom. The van der Waals surface area contributed by atoms with Crippen LogP contribution in [0.5, 0.6) is 5.75 Å². The second-order valence-electron chi connectivity index (χ2n) is 5.30. The molecule has 0 saturated heterocycles. The van der Waals surface area contributed by atoms with Crippen molar-refractivity contribution in [2.45, 2.75) is 33.8 Å². The largest absolute Gasteiger partial charge is 0.486 e. The van der Waals surface area contributed by atoms with Crippen LogP contribution in [-0.2, 0) is 0 Å². The van der Waals surface area contributed by atoms with Crippen molar-refractivity contribution in [3.63, 3.8) is 0 Å². The quantitative estimate of drug-likeness (QED) is 0.702. The Morgan fingerprint density at radius 2 is 2.07 bits per heavy atom. The van der Waals surface area contributed by atoms with E-state index < -0.39 is 0 Å². The molecule has 0 aliphatic carbocycles. The van der Waals surface area contributed by atoms with E-state index in [2.05, 4.69) is 39.1 Å². The molecular weight excluding hydrogens is 186 g/mol. The number of anilines is 1. The summed E-state index contributed by atoms with van der Waals surface area (Å²) in [4.78, 5) is 0. The van der Waals surface area contributed by atoms with Crippen molar-refractivity contribution in [3.05, 3.63) is 23.8 Å². The average Bonchev–Trinajstić information content (AvgIpc) is 2.16. The van der Waals surface area contributed by atoms with E-state index in [1.165, 1.54) is 5.56 Å². The van der Waals surface area contributed by atoms with Crippen molar-refractivity contribution in [2.24, 2.45) is 5.41 Å². The fourth-order valence-electron chi connectivity index (χ4n) is 1.84. The minimum absolute atomic E-state index is 0.175. The third kappa shape index (κ3) is 1.94. The highest BCUT2D eigenvalue weighted by atomic mass is 16.5. The number of ether oxygens (including phenoxy) is 1. The first-order valence-electron chi connectivity index (χ1n) is 5.48. The number of fused-ring (bicyclic) bond motifs is 1. The van der Waals surface area contributed by atoms with E-state index in [1.807, 2.05) is 12.1 Å². The fraction of sp³-hybridized carbons (Fsp3) is 0.538. The molecule has 1 N–H and O–H groups in total. The highest BCUT2D eigenvalue weighted by Gasteiger charge is 2.30. The lowest BCUT2D eigenvalue weighted by atomic mass is 9.88. The number of benzene rings is 1. The van der Waals surface area contributed by atoms with Crippen molar-refractivity contribution in [1.29, 1.82) is 0 Å². The summed E-state index contributed by atoms with van der Waals surface area (Å²) in [6, 6.07) is 6.18. The number of hydrogen-bond donors (Lipinski definition) is 1. The van der Waals surface area contributed by atoms with E-state index in [1.54, 1.807) is 0 Å². The van der Waals surface area contributed by atoms with Gasteiger partial charge in [0.15, 0.2) is 0 Å². The van der Waals surface area contributed by atoms with Crippen LogP contribution in [0.25, 0.3) is 0 Å². The lowest BCUT2D eigenvalue weighted by Crippen LogP contribution is -2.41. The summed E-state index contributed by atoms with van der Waals surface area (Å²) in [5.74, 6) is 0.987. The van der Waals surface area contributed by atoms with Crippen LogP contribution in [-0.4, -0.2) is 12.6 Å². The SMILES string of the molecule is Cc1cccc2c1NCC(C(C)(C)C)O2. The summed E-state index contributed by atoms with van der Waals surface area (Å²) < 4.78 is 6.01. The molecule has 0 bridgehead atoms.